The Hall–Kier alpha value is -1.74. The van der Waals surface area contributed by atoms with Crippen LogP contribution in [-0.4, -0.2) is 56.2 Å². The number of nitrogens with zero attached hydrogens (tertiary/aromatic N) is 4. The highest BCUT2D eigenvalue weighted by molar-refractivity contribution is 14.0. The van der Waals surface area contributed by atoms with Crippen LogP contribution in [0.1, 0.15) is 18.4 Å². The number of aliphatic imine (C=N–C) groups is 1. The number of rotatable bonds is 7. The van der Waals surface area contributed by atoms with Crippen molar-refractivity contribution in [2.24, 2.45) is 4.99 Å². The molecule has 0 radical (unpaired) electrons. The van der Waals surface area contributed by atoms with Gasteiger partial charge in [-0.15, -0.1) is 24.0 Å². The Kier molecular flexibility index (Phi) is 9.80. The Bertz CT molecular complexity index is 764. The van der Waals surface area contributed by atoms with Gasteiger partial charge in [0, 0.05) is 44.9 Å². The van der Waals surface area contributed by atoms with Crippen molar-refractivity contribution in [1.82, 2.24) is 15.2 Å². The molecule has 1 aliphatic heterocycles. The number of nitrogens with one attached hydrogen (secondary N) is 1. The number of guanidine groups is 1. The summed E-state index contributed by atoms with van der Waals surface area (Å²) in [6, 6.07) is 11.6. The number of halogens is 2. The highest BCUT2D eigenvalue weighted by Gasteiger charge is 2.13. The molecule has 3 rings (SSSR count). The summed E-state index contributed by atoms with van der Waals surface area (Å²) >= 11 is 5.89. The molecule has 0 atom stereocenters. The highest BCUT2D eigenvalue weighted by atomic mass is 127. The first kappa shape index (κ1) is 23.5. The zero-order valence-electron chi connectivity index (χ0n) is 17.0. The number of aromatic nitrogens is 1. The van der Waals surface area contributed by atoms with Crippen LogP contribution in [0.2, 0.25) is 5.02 Å². The lowest BCUT2D eigenvalue weighted by Gasteiger charge is -2.22. The van der Waals surface area contributed by atoms with Gasteiger partial charge in [0.2, 0.25) is 0 Å². The SMILES string of the molecule is CN=C(NCc1ccc(N2CCCC2)nc1)N(C)CCOc1ccc(Cl)cc1.I. The van der Waals surface area contributed by atoms with E-state index in [9.17, 15) is 0 Å². The summed E-state index contributed by atoms with van der Waals surface area (Å²) in [5.41, 5.74) is 1.13. The molecule has 1 fully saturated rings. The fourth-order valence-corrected chi connectivity index (χ4v) is 3.28. The van der Waals surface area contributed by atoms with Crippen LogP contribution in [0.3, 0.4) is 0 Å². The first-order chi connectivity index (χ1) is 13.7. The maximum Gasteiger partial charge on any atom is 0.193 e. The van der Waals surface area contributed by atoms with Crippen LogP contribution in [0.25, 0.3) is 0 Å². The number of anilines is 1. The summed E-state index contributed by atoms with van der Waals surface area (Å²) in [5, 5.41) is 4.09. The minimum atomic E-state index is 0. The van der Waals surface area contributed by atoms with Crippen molar-refractivity contribution in [3.8, 4) is 5.75 Å². The summed E-state index contributed by atoms with van der Waals surface area (Å²) in [6.45, 7) is 4.18. The van der Waals surface area contributed by atoms with E-state index < -0.39 is 0 Å². The fourth-order valence-electron chi connectivity index (χ4n) is 3.16. The molecule has 1 aromatic heterocycles. The number of likely N-dealkylation sites (N-methyl/N-ethyl adjacent to an activating group) is 1. The van der Waals surface area contributed by atoms with Crippen molar-refractivity contribution >= 4 is 47.4 Å². The lowest BCUT2D eigenvalue weighted by Crippen LogP contribution is -2.40. The Balaban J connectivity index is 0.00000300. The van der Waals surface area contributed by atoms with Crippen molar-refractivity contribution in [3.05, 3.63) is 53.2 Å². The molecule has 1 aromatic carbocycles. The molecule has 0 spiro atoms. The average Bonchev–Trinajstić information content (AvgIpc) is 3.25. The molecule has 1 N–H and O–H groups in total. The van der Waals surface area contributed by atoms with Gasteiger partial charge in [0.05, 0.1) is 6.54 Å². The molecule has 1 saturated heterocycles. The molecule has 2 heterocycles. The summed E-state index contributed by atoms with van der Waals surface area (Å²) in [7, 11) is 3.78. The third-order valence-electron chi connectivity index (χ3n) is 4.77. The quantitative estimate of drug-likeness (QED) is 0.333. The second kappa shape index (κ2) is 12.1. The number of ether oxygens (including phenoxy) is 1. The zero-order chi connectivity index (χ0) is 19.8. The summed E-state index contributed by atoms with van der Waals surface area (Å²) < 4.78 is 5.75. The third-order valence-corrected chi connectivity index (χ3v) is 5.02. The van der Waals surface area contributed by atoms with E-state index in [1.54, 1.807) is 7.05 Å². The summed E-state index contributed by atoms with van der Waals surface area (Å²) in [4.78, 5) is 13.3. The van der Waals surface area contributed by atoms with Gasteiger partial charge in [0.25, 0.3) is 0 Å². The van der Waals surface area contributed by atoms with E-state index in [1.165, 1.54) is 12.8 Å². The first-order valence-electron chi connectivity index (χ1n) is 9.66. The molecule has 8 heteroatoms. The number of benzene rings is 1. The van der Waals surface area contributed by atoms with Gasteiger partial charge < -0.3 is 19.9 Å². The van der Waals surface area contributed by atoms with Gasteiger partial charge in [-0.1, -0.05) is 17.7 Å². The minimum Gasteiger partial charge on any atom is -0.492 e. The normalized spacial score (nSPS) is 13.8. The van der Waals surface area contributed by atoms with Crippen molar-refractivity contribution < 1.29 is 4.74 Å². The van der Waals surface area contributed by atoms with Crippen molar-refractivity contribution in [1.29, 1.82) is 0 Å². The standard InChI is InChI=1S/C21H28ClN5O.HI/c1-23-21(26(2)13-14-28-19-8-6-18(22)7-9-19)25-16-17-5-10-20(24-15-17)27-11-3-4-12-27;/h5-10,15H,3-4,11-14,16H2,1-2H3,(H,23,25);1H. The zero-order valence-corrected chi connectivity index (χ0v) is 20.1. The molecule has 29 heavy (non-hydrogen) atoms. The molecule has 0 saturated carbocycles. The molecule has 1 aliphatic rings. The van der Waals surface area contributed by atoms with Gasteiger partial charge in [-0.2, -0.15) is 0 Å². The molecule has 0 amide bonds. The topological polar surface area (TPSA) is 53.0 Å². The number of hydrogen-bond donors (Lipinski definition) is 1. The van der Waals surface area contributed by atoms with Crippen molar-refractivity contribution in [3.63, 3.8) is 0 Å². The van der Waals surface area contributed by atoms with Crippen LogP contribution in [0.5, 0.6) is 5.75 Å². The Labute approximate surface area is 195 Å². The van der Waals surface area contributed by atoms with Crippen LogP contribution in [0.15, 0.2) is 47.6 Å². The third kappa shape index (κ3) is 7.22. The predicted octanol–water partition coefficient (Wildman–Crippen LogP) is 4.04. The largest absolute Gasteiger partial charge is 0.492 e. The van der Waals surface area contributed by atoms with Crippen LogP contribution in [0, 0.1) is 0 Å². The van der Waals surface area contributed by atoms with Gasteiger partial charge >= 0.3 is 0 Å². The van der Waals surface area contributed by atoms with Crippen molar-refractivity contribution in [2.75, 3.05) is 45.2 Å². The lowest BCUT2D eigenvalue weighted by molar-refractivity contribution is 0.281. The van der Waals surface area contributed by atoms with E-state index in [-0.39, 0.29) is 24.0 Å². The second-order valence-electron chi connectivity index (χ2n) is 6.84. The maximum absolute atomic E-state index is 5.89. The molecule has 6 nitrogen and oxygen atoms in total. The average molecular weight is 530 g/mol. The van der Waals surface area contributed by atoms with Gasteiger partial charge in [-0.05, 0) is 48.7 Å². The predicted molar refractivity (Wildman–Crippen MR) is 131 cm³/mol. The van der Waals surface area contributed by atoms with Crippen LogP contribution in [0.4, 0.5) is 5.82 Å². The molecule has 0 aliphatic carbocycles. The van der Waals surface area contributed by atoms with Gasteiger partial charge in [0.1, 0.15) is 18.2 Å². The van der Waals surface area contributed by atoms with Crippen LogP contribution in [-0.2, 0) is 6.54 Å². The Morgan fingerprint density at radius 2 is 1.93 bits per heavy atom. The molecule has 2 aromatic rings. The molecular formula is C21H29ClIN5O. The van der Waals surface area contributed by atoms with Gasteiger partial charge in [0.15, 0.2) is 5.96 Å². The molecule has 158 valence electrons. The summed E-state index contributed by atoms with van der Waals surface area (Å²) in [6.07, 6.45) is 4.46. The van der Waals surface area contributed by atoms with Crippen molar-refractivity contribution in [2.45, 2.75) is 19.4 Å². The summed E-state index contributed by atoms with van der Waals surface area (Å²) in [5.74, 6) is 2.70. The van der Waals surface area contributed by atoms with E-state index in [0.717, 1.165) is 36.2 Å². The Morgan fingerprint density at radius 3 is 2.55 bits per heavy atom. The maximum atomic E-state index is 5.89. The minimum absolute atomic E-state index is 0. The lowest BCUT2D eigenvalue weighted by atomic mass is 10.3. The number of pyridine rings is 1. The van der Waals surface area contributed by atoms with E-state index in [1.807, 2.05) is 42.4 Å². The highest BCUT2D eigenvalue weighted by Crippen LogP contribution is 2.17. The molecular weight excluding hydrogens is 501 g/mol. The van der Waals surface area contributed by atoms with Crippen LogP contribution >= 0.6 is 35.6 Å². The van der Waals surface area contributed by atoms with E-state index in [0.29, 0.717) is 24.7 Å². The number of hydrogen-bond acceptors (Lipinski definition) is 4. The van der Waals surface area contributed by atoms with Gasteiger partial charge in [-0.25, -0.2) is 4.98 Å². The first-order valence-corrected chi connectivity index (χ1v) is 10.0. The second-order valence-corrected chi connectivity index (χ2v) is 7.28. The van der Waals surface area contributed by atoms with Gasteiger partial charge in [-0.3, -0.25) is 4.99 Å². The smallest absolute Gasteiger partial charge is 0.193 e. The molecule has 0 unspecified atom stereocenters. The van der Waals surface area contributed by atoms with Crippen LogP contribution < -0.4 is 15.0 Å². The van der Waals surface area contributed by atoms with E-state index >= 15 is 0 Å². The Morgan fingerprint density at radius 1 is 1.21 bits per heavy atom. The van der Waals surface area contributed by atoms with E-state index in [2.05, 4.69) is 32.3 Å². The monoisotopic (exact) mass is 529 g/mol. The van der Waals surface area contributed by atoms with E-state index in [4.69, 9.17) is 16.3 Å². The molecule has 0 bridgehead atoms. The fraction of sp³-hybridized carbons (Fsp3) is 0.429.